The second-order valence-corrected chi connectivity index (χ2v) is 5.58. The van der Waals surface area contributed by atoms with E-state index in [-0.39, 0.29) is 17.6 Å². The van der Waals surface area contributed by atoms with Crippen molar-refractivity contribution >= 4 is 11.7 Å². The van der Waals surface area contributed by atoms with Crippen molar-refractivity contribution in [1.29, 1.82) is 0 Å². The molecule has 6 heteroatoms. The van der Waals surface area contributed by atoms with Crippen molar-refractivity contribution in [2.75, 3.05) is 5.32 Å². The Balaban J connectivity index is 1.57. The number of pyridine rings is 1. The molecule has 2 aromatic heterocycles. The number of hydrogen-bond donors (Lipinski definition) is 2. The number of amides is 1. The zero-order valence-electron chi connectivity index (χ0n) is 13.9. The molecule has 0 radical (unpaired) electrons. The molecule has 0 fully saturated rings. The van der Waals surface area contributed by atoms with Gasteiger partial charge in [0.15, 0.2) is 5.69 Å². The molecule has 3 rings (SSSR count). The summed E-state index contributed by atoms with van der Waals surface area (Å²) in [4.78, 5) is 16.3. The van der Waals surface area contributed by atoms with Gasteiger partial charge in [0.2, 0.25) is 0 Å². The van der Waals surface area contributed by atoms with E-state index in [1.54, 1.807) is 18.3 Å². The van der Waals surface area contributed by atoms with Crippen LogP contribution in [-0.4, -0.2) is 21.1 Å². The Hall–Kier alpha value is -3.28. The number of rotatable bonds is 6. The quantitative estimate of drug-likeness (QED) is 0.725. The highest BCUT2D eigenvalue weighted by Crippen LogP contribution is 2.16. The van der Waals surface area contributed by atoms with Crippen LogP contribution in [0, 0.1) is 0 Å². The Labute approximate surface area is 146 Å². The molecule has 0 saturated heterocycles. The van der Waals surface area contributed by atoms with E-state index in [4.69, 9.17) is 0 Å². The highest BCUT2D eigenvalue weighted by Gasteiger charge is 2.10. The van der Waals surface area contributed by atoms with Gasteiger partial charge in [0.1, 0.15) is 5.82 Å². The predicted molar refractivity (Wildman–Crippen MR) is 95.9 cm³/mol. The van der Waals surface area contributed by atoms with E-state index >= 15 is 0 Å². The van der Waals surface area contributed by atoms with E-state index in [9.17, 15) is 4.79 Å². The first-order chi connectivity index (χ1) is 12.2. The van der Waals surface area contributed by atoms with E-state index in [1.807, 2.05) is 55.5 Å². The molecule has 0 aliphatic heterocycles. The highest BCUT2D eigenvalue weighted by molar-refractivity contribution is 5.92. The molecule has 2 N–H and O–H groups in total. The van der Waals surface area contributed by atoms with E-state index in [1.165, 1.54) is 0 Å². The Morgan fingerprint density at radius 2 is 1.80 bits per heavy atom. The summed E-state index contributed by atoms with van der Waals surface area (Å²) in [7, 11) is 0. The molecule has 6 nitrogen and oxygen atoms in total. The van der Waals surface area contributed by atoms with Gasteiger partial charge in [-0.2, -0.15) is 0 Å². The molecular weight excluding hydrogens is 314 g/mol. The molecule has 0 aliphatic rings. The van der Waals surface area contributed by atoms with Crippen LogP contribution in [0.1, 0.15) is 34.7 Å². The van der Waals surface area contributed by atoms with Crippen LogP contribution in [0.3, 0.4) is 0 Å². The summed E-state index contributed by atoms with van der Waals surface area (Å²) in [5.41, 5.74) is 2.22. The number of hydrogen-bond acceptors (Lipinski definition) is 5. The summed E-state index contributed by atoms with van der Waals surface area (Å²) < 4.78 is 0. The molecule has 1 aromatic carbocycles. The van der Waals surface area contributed by atoms with Crippen molar-refractivity contribution in [3.8, 4) is 0 Å². The third-order valence-corrected chi connectivity index (χ3v) is 3.72. The van der Waals surface area contributed by atoms with Crippen molar-refractivity contribution < 1.29 is 4.79 Å². The first-order valence-corrected chi connectivity index (χ1v) is 8.05. The lowest BCUT2D eigenvalue weighted by atomic mass is 10.1. The van der Waals surface area contributed by atoms with Gasteiger partial charge >= 0.3 is 0 Å². The lowest BCUT2D eigenvalue weighted by molar-refractivity contribution is 0.0944. The zero-order chi connectivity index (χ0) is 17.5. The smallest absolute Gasteiger partial charge is 0.272 e. The molecule has 0 bridgehead atoms. The molecule has 2 heterocycles. The van der Waals surface area contributed by atoms with E-state index in [0.717, 1.165) is 11.3 Å². The molecule has 1 amide bonds. The van der Waals surface area contributed by atoms with Crippen LogP contribution < -0.4 is 10.6 Å². The molecule has 3 aromatic rings. The van der Waals surface area contributed by atoms with Crippen LogP contribution in [0.5, 0.6) is 0 Å². The largest absolute Gasteiger partial charge is 0.362 e. The Kier molecular flexibility index (Phi) is 5.31. The maximum Gasteiger partial charge on any atom is 0.272 e. The van der Waals surface area contributed by atoms with Crippen LogP contribution in [-0.2, 0) is 6.54 Å². The first-order valence-electron chi connectivity index (χ1n) is 8.05. The van der Waals surface area contributed by atoms with Gasteiger partial charge in [-0.25, -0.2) is 0 Å². The van der Waals surface area contributed by atoms with Crippen LogP contribution in [0.15, 0.2) is 66.9 Å². The fraction of sp³-hybridized carbons (Fsp3) is 0.158. The lowest BCUT2D eigenvalue weighted by Crippen LogP contribution is -2.24. The zero-order valence-corrected chi connectivity index (χ0v) is 13.9. The fourth-order valence-electron chi connectivity index (χ4n) is 2.34. The van der Waals surface area contributed by atoms with Crippen molar-refractivity contribution in [2.24, 2.45) is 0 Å². The average Bonchev–Trinajstić information content (AvgIpc) is 2.68. The number of anilines is 1. The summed E-state index contributed by atoms with van der Waals surface area (Å²) in [6.45, 7) is 2.40. The molecule has 0 saturated carbocycles. The molecule has 0 aliphatic carbocycles. The molecule has 126 valence electrons. The molecule has 1 unspecified atom stereocenters. The first kappa shape index (κ1) is 16.6. The number of benzene rings is 1. The third-order valence-electron chi connectivity index (χ3n) is 3.72. The van der Waals surface area contributed by atoms with Gasteiger partial charge in [0, 0.05) is 12.2 Å². The van der Waals surface area contributed by atoms with Crippen LogP contribution in [0.2, 0.25) is 0 Å². The summed E-state index contributed by atoms with van der Waals surface area (Å²) in [5.74, 6) is 0.346. The van der Waals surface area contributed by atoms with Gasteiger partial charge in [-0.15, -0.1) is 10.2 Å². The minimum Gasteiger partial charge on any atom is -0.362 e. The number of carbonyl (C=O) groups is 1. The Bertz CT molecular complexity index is 806. The van der Waals surface area contributed by atoms with Crippen molar-refractivity contribution in [3.63, 3.8) is 0 Å². The summed E-state index contributed by atoms with van der Waals surface area (Å²) in [5, 5.41) is 14.1. The monoisotopic (exact) mass is 333 g/mol. The van der Waals surface area contributed by atoms with Crippen LogP contribution >= 0.6 is 0 Å². The summed E-state index contributed by atoms with van der Waals surface area (Å²) >= 11 is 0. The minimum absolute atomic E-state index is 0.0966. The fourth-order valence-corrected chi connectivity index (χ4v) is 2.34. The molecule has 1 atom stereocenters. The standard InChI is InChI=1S/C19H19N5O/c1-14(15-7-3-2-4-8-15)22-18-11-10-17(23-24-18)19(25)21-13-16-9-5-6-12-20-16/h2-12,14H,13H2,1H3,(H,21,25)(H,22,24). The summed E-state index contributed by atoms with van der Waals surface area (Å²) in [6, 6.07) is 19.1. The van der Waals surface area contributed by atoms with Crippen molar-refractivity contribution in [1.82, 2.24) is 20.5 Å². The number of nitrogens with one attached hydrogen (secondary N) is 2. The second-order valence-electron chi connectivity index (χ2n) is 5.58. The van der Waals surface area contributed by atoms with Crippen molar-refractivity contribution in [3.05, 3.63) is 83.8 Å². The maximum atomic E-state index is 12.1. The summed E-state index contributed by atoms with van der Waals surface area (Å²) in [6.07, 6.45) is 1.69. The predicted octanol–water partition coefficient (Wildman–Crippen LogP) is 2.97. The van der Waals surface area contributed by atoms with Crippen LogP contribution in [0.25, 0.3) is 0 Å². The van der Waals surface area contributed by atoms with Gasteiger partial charge in [-0.1, -0.05) is 36.4 Å². The Morgan fingerprint density at radius 3 is 2.48 bits per heavy atom. The van der Waals surface area contributed by atoms with Crippen LogP contribution in [0.4, 0.5) is 5.82 Å². The van der Waals surface area contributed by atoms with Gasteiger partial charge in [0.05, 0.1) is 12.2 Å². The van der Waals surface area contributed by atoms with Gasteiger partial charge in [-0.05, 0) is 36.8 Å². The SMILES string of the molecule is CC(Nc1ccc(C(=O)NCc2ccccn2)nn1)c1ccccc1. The normalized spacial score (nSPS) is 11.6. The third kappa shape index (κ3) is 4.60. The van der Waals surface area contributed by atoms with Gasteiger partial charge < -0.3 is 10.6 Å². The number of nitrogens with zero attached hydrogens (tertiary/aromatic N) is 3. The van der Waals surface area contributed by atoms with Gasteiger partial charge in [-0.3, -0.25) is 9.78 Å². The van der Waals surface area contributed by atoms with E-state index < -0.39 is 0 Å². The molecular formula is C19H19N5O. The minimum atomic E-state index is -0.277. The van der Waals surface area contributed by atoms with E-state index in [2.05, 4.69) is 25.8 Å². The lowest BCUT2D eigenvalue weighted by Gasteiger charge is -2.14. The topological polar surface area (TPSA) is 79.8 Å². The number of aromatic nitrogens is 3. The average molecular weight is 333 g/mol. The molecule has 0 spiro atoms. The maximum absolute atomic E-state index is 12.1. The highest BCUT2D eigenvalue weighted by atomic mass is 16.1. The molecule has 25 heavy (non-hydrogen) atoms. The number of carbonyl (C=O) groups excluding carboxylic acids is 1. The van der Waals surface area contributed by atoms with Gasteiger partial charge in [0.25, 0.3) is 5.91 Å². The van der Waals surface area contributed by atoms with Crippen molar-refractivity contribution in [2.45, 2.75) is 19.5 Å². The second kappa shape index (κ2) is 8.01. The Morgan fingerprint density at radius 1 is 1.00 bits per heavy atom. The van der Waals surface area contributed by atoms with E-state index in [0.29, 0.717) is 12.4 Å².